The Labute approximate surface area is 149 Å². The normalized spacial score (nSPS) is 10.7. The van der Waals surface area contributed by atoms with E-state index in [1.54, 1.807) is 55.5 Å². The zero-order valence-corrected chi connectivity index (χ0v) is 14.5. The molecule has 1 heterocycles. The third-order valence-corrected chi connectivity index (χ3v) is 4.03. The van der Waals surface area contributed by atoms with Gasteiger partial charge in [0.25, 0.3) is 5.56 Å². The maximum absolute atomic E-state index is 12.6. The Bertz CT molecular complexity index is 1080. The van der Waals surface area contributed by atoms with Crippen molar-refractivity contribution in [3.63, 3.8) is 0 Å². The van der Waals surface area contributed by atoms with Crippen LogP contribution in [0.5, 0.6) is 11.5 Å². The lowest BCUT2D eigenvalue weighted by Gasteiger charge is -2.13. The zero-order chi connectivity index (χ0) is 18.7. The van der Waals surface area contributed by atoms with Gasteiger partial charge in [0, 0.05) is 6.54 Å². The van der Waals surface area contributed by atoms with Gasteiger partial charge in [0.05, 0.1) is 18.0 Å². The molecule has 26 heavy (non-hydrogen) atoms. The average molecular weight is 354 g/mol. The van der Waals surface area contributed by atoms with Crippen molar-refractivity contribution in [2.24, 2.45) is 0 Å². The molecule has 0 saturated carbocycles. The van der Waals surface area contributed by atoms with Crippen molar-refractivity contribution in [2.45, 2.75) is 20.0 Å². The minimum Gasteiger partial charge on any atom is -0.493 e. The Morgan fingerprint density at radius 3 is 2.31 bits per heavy atom. The van der Waals surface area contributed by atoms with Crippen LogP contribution in [0.1, 0.15) is 6.92 Å². The highest BCUT2D eigenvalue weighted by atomic mass is 16.6. The standard InChI is InChI=1S/C19H18N2O5/c1-3-20-18(23)13-8-4-5-9-14(13)21(19(20)24)12-17(22)26-16-11-7-6-10-15(16)25-2/h4-11H,3,12H2,1-2H3. The largest absolute Gasteiger partial charge is 0.493 e. The summed E-state index contributed by atoms with van der Waals surface area (Å²) in [6, 6.07) is 13.4. The molecule has 0 aliphatic heterocycles. The molecule has 1 aromatic heterocycles. The Kier molecular flexibility index (Phi) is 4.88. The van der Waals surface area contributed by atoms with E-state index in [2.05, 4.69) is 0 Å². The van der Waals surface area contributed by atoms with Crippen molar-refractivity contribution >= 4 is 16.9 Å². The van der Waals surface area contributed by atoms with Gasteiger partial charge in [-0.25, -0.2) is 9.59 Å². The number of methoxy groups -OCH3 is 1. The van der Waals surface area contributed by atoms with E-state index >= 15 is 0 Å². The summed E-state index contributed by atoms with van der Waals surface area (Å²) in [6.45, 7) is 1.59. The molecular weight excluding hydrogens is 336 g/mol. The molecule has 0 fully saturated rings. The topological polar surface area (TPSA) is 79.5 Å². The highest BCUT2D eigenvalue weighted by molar-refractivity contribution is 5.80. The first kappa shape index (κ1) is 17.5. The molecular formula is C19H18N2O5. The van der Waals surface area contributed by atoms with Crippen LogP contribution in [0, 0.1) is 0 Å². The Morgan fingerprint density at radius 1 is 0.962 bits per heavy atom. The number of nitrogens with zero attached hydrogens (tertiary/aromatic N) is 2. The van der Waals surface area contributed by atoms with Crippen molar-refractivity contribution in [3.8, 4) is 11.5 Å². The molecule has 0 unspecified atom stereocenters. The second-order valence-corrected chi connectivity index (χ2v) is 5.56. The molecule has 0 spiro atoms. The maximum Gasteiger partial charge on any atom is 0.332 e. The Morgan fingerprint density at radius 2 is 1.62 bits per heavy atom. The minimum absolute atomic E-state index is 0.212. The number of benzene rings is 2. The predicted octanol–water partition coefficient (Wildman–Crippen LogP) is 1.80. The monoisotopic (exact) mass is 354 g/mol. The number of hydrogen-bond donors (Lipinski definition) is 0. The summed E-state index contributed by atoms with van der Waals surface area (Å²) in [6.07, 6.45) is 0. The maximum atomic E-state index is 12.6. The van der Waals surface area contributed by atoms with Crippen LogP contribution in [0.4, 0.5) is 0 Å². The Hall–Kier alpha value is -3.35. The molecule has 3 aromatic rings. The van der Waals surface area contributed by atoms with Gasteiger partial charge in [-0.15, -0.1) is 0 Å². The number of para-hydroxylation sites is 3. The number of aromatic nitrogens is 2. The van der Waals surface area contributed by atoms with Gasteiger partial charge >= 0.3 is 11.7 Å². The van der Waals surface area contributed by atoms with Crippen LogP contribution < -0.4 is 20.7 Å². The van der Waals surface area contributed by atoms with E-state index in [9.17, 15) is 14.4 Å². The van der Waals surface area contributed by atoms with Crippen molar-refractivity contribution in [1.82, 2.24) is 9.13 Å². The van der Waals surface area contributed by atoms with Crippen LogP contribution in [0.2, 0.25) is 0 Å². The van der Waals surface area contributed by atoms with E-state index in [-0.39, 0.29) is 24.4 Å². The summed E-state index contributed by atoms with van der Waals surface area (Å²) in [7, 11) is 1.47. The number of carbonyl (C=O) groups excluding carboxylic acids is 1. The lowest BCUT2D eigenvalue weighted by Crippen LogP contribution is -2.41. The molecule has 7 nitrogen and oxygen atoms in total. The van der Waals surface area contributed by atoms with Crippen molar-refractivity contribution in [1.29, 1.82) is 0 Å². The van der Waals surface area contributed by atoms with Gasteiger partial charge in [0.1, 0.15) is 6.54 Å². The molecule has 134 valence electrons. The molecule has 0 aliphatic carbocycles. The van der Waals surface area contributed by atoms with Gasteiger partial charge in [-0.05, 0) is 31.2 Å². The van der Waals surface area contributed by atoms with Crippen LogP contribution in [-0.4, -0.2) is 22.2 Å². The van der Waals surface area contributed by atoms with Crippen LogP contribution >= 0.6 is 0 Å². The van der Waals surface area contributed by atoms with Gasteiger partial charge in [-0.3, -0.25) is 13.9 Å². The van der Waals surface area contributed by atoms with Crippen LogP contribution in [0.25, 0.3) is 10.9 Å². The molecule has 0 amide bonds. The molecule has 2 aromatic carbocycles. The predicted molar refractivity (Wildman–Crippen MR) is 96.8 cm³/mol. The van der Waals surface area contributed by atoms with Gasteiger partial charge < -0.3 is 9.47 Å². The summed E-state index contributed by atoms with van der Waals surface area (Å²) in [5.74, 6) is 0.0424. The summed E-state index contributed by atoms with van der Waals surface area (Å²) >= 11 is 0. The summed E-state index contributed by atoms with van der Waals surface area (Å²) in [5, 5.41) is 0.374. The van der Waals surface area contributed by atoms with Crippen LogP contribution in [0.3, 0.4) is 0 Å². The van der Waals surface area contributed by atoms with E-state index < -0.39 is 11.7 Å². The second-order valence-electron chi connectivity index (χ2n) is 5.56. The van der Waals surface area contributed by atoms with E-state index in [0.29, 0.717) is 16.7 Å². The smallest absolute Gasteiger partial charge is 0.332 e. The van der Waals surface area contributed by atoms with E-state index in [1.165, 1.54) is 11.7 Å². The summed E-state index contributed by atoms with van der Waals surface area (Å²) in [5.41, 5.74) is -0.528. The molecule has 0 aliphatic rings. The van der Waals surface area contributed by atoms with Crippen LogP contribution in [0.15, 0.2) is 58.1 Å². The van der Waals surface area contributed by atoms with Gasteiger partial charge in [0.2, 0.25) is 0 Å². The number of carbonyl (C=O) groups is 1. The Balaban J connectivity index is 2.02. The summed E-state index contributed by atoms with van der Waals surface area (Å²) in [4.78, 5) is 37.5. The lowest BCUT2D eigenvalue weighted by atomic mass is 10.2. The number of ether oxygens (including phenoxy) is 2. The van der Waals surface area contributed by atoms with E-state index in [1.807, 2.05) is 0 Å². The minimum atomic E-state index is -0.636. The molecule has 0 atom stereocenters. The zero-order valence-electron chi connectivity index (χ0n) is 14.5. The second kappa shape index (κ2) is 7.26. The highest BCUT2D eigenvalue weighted by Gasteiger charge is 2.16. The third kappa shape index (κ3) is 3.11. The quantitative estimate of drug-likeness (QED) is 0.516. The van der Waals surface area contributed by atoms with E-state index in [4.69, 9.17) is 9.47 Å². The van der Waals surface area contributed by atoms with E-state index in [0.717, 1.165) is 4.57 Å². The number of rotatable bonds is 5. The number of esters is 1. The first-order valence-electron chi connectivity index (χ1n) is 8.13. The molecule has 0 saturated heterocycles. The number of hydrogen-bond acceptors (Lipinski definition) is 5. The van der Waals surface area contributed by atoms with Crippen molar-refractivity contribution in [3.05, 3.63) is 69.4 Å². The number of fused-ring (bicyclic) bond motifs is 1. The molecule has 3 rings (SSSR count). The van der Waals surface area contributed by atoms with Crippen molar-refractivity contribution < 1.29 is 14.3 Å². The lowest BCUT2D eigenvalue weighted by molar-refractivity contribution is -0.135. The fourth-order valence-corrected chi connectivity index (χ4v) is 2.79. The first-order chi connectivity index (χ1) is 12.6. The van der Waals surface area contributed by atoms with Crippen molar-refractivity contribution in [2.75, 3.05) is 7.11 Å². The molecule has 0 radical (unpaired) electrons. The third-order valence-electron chi connectivity index (χ3n) is 4.03. The van der Waals surface area contributed by atoms with Gasteiger partial charge in [0.15, 0.2) is 11.5 Å². The average Bonchev–Trinajstić information content (AvgIpc) is 2.66. The fraction of sp³-hybridized carbons (Fsp3) is 0.211. The molecule has 0 N–H and O–H groups in total. The SMILES string of the molecule is CCn1c(=O)c2ccccc2n(CC(=O)Oc2ccccc2OC)c1=O. The van der Waals surface area contributed by atoms with Gasteiger partial charge in [-0.1, -0.05) is 24.3 Å². The summed E-state index contributed by atoms with van der Waals surface area (Å²) < 4.78 is 12.8. The first-order valence-corrected chi connectivity index (χ1v) is 8.13. The van der Waals surface area contributed by atoms with Crippen LogP contribution in [-0.2, 0) is 17.9 Å². The highest BCUT2D eigenvalue weighted by Crippen LogP contribution is 2.25. The fourth-order valence-electron chi connectivity index (χ4n) is 2.79. The van der Waals surface area contributed by atoms with Gasteiger partial charge in [-0.2, -0.15) is 0 Å². The molecule has 7 heteroatoms. The molecule has 0 bridgehead atoms.